The van der Waals surface area contributed by atoms with Crippen molar-refractivity contribution in [3.63, 3.8) is 0 Å². The molecule has 1 aliphatic heterocycles. The molecule has 1 N–H and O–H groups in total. The summed E-state index contributed by atoms with van der Waals surface area (Å²) in [6.45, 7) is 0.552. The van der Waals surface area contributed by atoms with Crippen LogP contribution in [0.3, 0.4) is 0 Å². The number of nitrogens with zero attached hydrogens (tertiary/aromatic N) is 3. The van der Waals surface area contributed by atoms with E-state index in [1.54, 1.807) is 29.2 Å². The van der Waals surface area contributed by atoms with Crippen LogP contribution in [0.25, 0.3) is 0 Å². The van der Waals surface area contributed by atoms with Crippen molar-refractivity contribution in [2.24, 2.45) is 0 Å². The Labute approximate surface area is 164 Å². The van der Waals surface area contributed by atoms with Crippen molar-refractivity contribution in [1.29, 1.82) is 0 Å². The molecule has 0 spiro atoms. The van der Waals surface area contributed by atoms with E-state index in [0.717, 1.165) is 10.7 Å². The minimum absolute atomic E-state index is 0.0406. The van der Waals surface area contributed by atoms with Gasteiger partial charge in [-0.15, -0.1) is 10.2 Å². The summed E-state index contributed by atoms with van der Waals surface area (Å²) in [5, 5.41) is 12.4. The van der Waals surface area contributed by atoms with E-state index in [2.05, 4.69) is 15.5 Å². The number of carbonyl (C=O) groups excluding carboxylic acids is 2. The molecule has 0 aliphatic carbocycles. The van der Waals surface area contributed by atoms with E-state index in [4.69, 9.17) is 11.6 Å². The highest BCUT2D eigenvalue weighted by molar-refractivity contribution is 7.15. The molecule has 136 valence electrons. The minimum atomic E-state index is -0.336. The number of halogens is 1. The number of rotatable bonds is 4. The Balaban J connectivity index is 1.46. The fraction of sp³-hybridized carbons (Fsp3) is 0.158. The maximum absolute atomic E-state index is 12.4. The van der Waals surface area contributed by atoms with Crippen molar-refractivity contribution in [2.75, 3.05) is 16.8 Å². The highest BCUT2D eigenvalue weighted by Gasteiger charge is 2.33. The summed E-state index contributed by atoms with van der Waals surface area (Å²) < 4.78 is 0. The number of hydrogen-bond acceptors (Lipinski definition) is 5. The summed E-state index contributed by atoms with van der Waals surface area (Å²) in [5.41, 5.74) is 1.25. The van der Waals surface area contributed by atoms with Crippen LogP contribution in [0, 0.1) is 0 Å². The van der Waals surface area contributed by atoms with E-state index >= 15 is 0 Å². The minimum Gasteiger partial charge on any atom is -0.312 e. The third-order valence-electron chi connectivity index (χ3n) is 4.32. The van der Waals surface area contributed by atoms with Crippen LogP contribution in [-0.2, 0) is 4.79 Å². The smallest absolute Gasteiger partial charge is 0.259 e. The second kappa shape index (κ2) is 7.46. The Morgan fingerprint density at radius 3 is 2.63 bits per heavy atom. The molecule has 0 unspecified atom stereocenters. The van der Waals surface area contributed by atoms with Crippen molar-refractivity contribution in [3.05, 3.63) is 70.2 Å². The first kappa shape index (κ1) is 17.6. The van der Waals surface area contributed by atoms with Gasteiger partial charge in [0.25, 0.3) is 5.91 Å². The van der Waals surface area contributed by atoms with Crippen molar-refractivity contribution >= 4 is 45.6 Å². The Morgan fingerprint density at radius 2 is 1.85 bits per heavy atom. The second-order valence-corrected chi connectivity index (χ2v) is 7.54. The molecule has 0 radical (unpaired) electrons. The van der Waals surface area contributed by atoms with Crippen LogP contribution in [0.5, 0.6) is 0 Å². The molecular weight excluding hydrogens is 384 g/mol. The largest absolute Gasteiger partial charge is 0.312 e. The normalized spacial score (nSPS) is 16.6. The molecule has 2 amide bonds. The Bertz CT molecular complexity index is 992. The zero-order valence-electron chi connectivity index (χ0n) is 14.1. The number of para-hydroxylation sites is 1. The van der Waals surface area contributed by atoms with E-state index < -0.39 is 0 Å². The molecule has 1 fully saturated rings. The van der Waals surface area contributed by atoms with Crippen LogP contribution in [0.2, 0.25) is 5.02 Å². The second-order valence-electron chi connectivity index (χ2n) is 6.12. The first-order valence-corrected chi connectivity index (χ1v) is 9.56. The quantitative estimate of drug-likeness (QED) is 0.721. The fourth-order valence-corrected chi connectivity index (χ4v) is 4.04. The lowest BCUT2D eigenvalue weighted by Crippen LogP contribution is -2.24. The molecule has 27 heavy (non-hydrogen) atoms. The van der Waals surface area contributed by atoms with Gasteiger partial charge in [-0.2, -0.15) is 0 Å². The number of nitrogens with one attached hydrogen (secondary N) is 1. The molecule has 1 aromatic heterocycles. The number of benzene rings is 2. The van der Waals surface area contributed by atoms with Gasteiger partial charge in [-0.25, -0.2) is 0 Å². The van der Waals surface area contributed by atoms with Crippen LogP contribution < -0.4 is 10.2 Å². The maximum Gasteiger partial charge on any atom is 0.259 e. The molecule has 4 rings (SSSR count). The van der Waals surface area contributed by atoms with E-state index in [1.165, 1.54) is 11.3 Å². The van der Waals surface area contributed by atoms with E-state index in [0.29, 0.717) is 28.7 Å². The monoisotopic (exact) mass is 398 g/mol. The molecule has 1 saturated heterocycles. The van der Waals surface area contributed by atoms with Gasteiger partial charge in [-0.1, -0.05) is 53.3 Å². The molecule has 2 aromatic carbocycles. The number of amides is 2. The SMILES string of the molecule is O=C(Nc1nnc([C@@H]2CC(=O)N(c3ccccc3)C2)s1)c1ccccc1Cl. The Morgan fingerprint density at radius 1 is 1.11 bits per heavy atom. The summed E-state index contributed by atoms with van der Waals surface area (Å²) in [4.78, 5) is 26.5. The highest BCUT2D eigenvalue weighted by atomic mass is 35.5. The van der Waals surface area contributed by atoms with Crippen LogP contribution in [0.1, 0.15) is 27.7 Å². The van der Waals surface area contributed by atoms with Gasteiger partial charge in [-0.3, -0.25) is 14.9 Å². The summed E-state index contributed by atoms with van der Waals surface area (Å²) >= 11 is 7.33. The van der Waals surface area contributed by atoms with E-state index in [-0.39, 0.29) is 17.7 Å². The number of carbonyl (C=O) groups is 2. The zero-order chi connectivity index (χ0) is 18.8. The average molecular weight is 399 g/mol. The Hall–Kier alpha value is -2.77. The van der Waals surface area contributed by atoms with E-state index in [1.807, 2.05) is 30.3 Å². The summed E-state index contributed by atoms with van der Waals surface area (Å²) in [6.07, 6.45) is 0.377. The first-order valence-electron chi connectivity index (χ1n) is 8.36. The lowest BCUT2D eigenvalue weighted by molar-refractivity contribution is -0.117. The molecule has 1 aliphatic rings. The third-order valence-corrected chi connectivity index (χ3v) is 5.65. The average Bonchev–Trinajstić information content (AvgIpc) is 3.29. The predicted molar refractivity (Wildman–Crippen MR) is 105 cm³/mol. The van der Waals surface area contributed by atoms with Crippen LogP contribution in [0.15, 0.2) is 54.6 Å². The lowest BCUT2D eigenvalue weighted by atomic mass is 10.1. The molecular formula is C19H15ClN4O2S. The molecule has 0 saturated carbocycles. The zero-order valence-corrected chi connectivity index (χ0v) is 15.7. The van der Waals surface area contributed by atoms with Gasteiger partial charge in [0.2, 0.25) is 11.0 Å². The Kier molecular flexibility index (Phi) is 4.87. The fourth-order valence-electron chi connectivity index (χ4n) is 2.99. The molecule has 2 heterocycles. The topological polar surface area (TPSA) is 75.2 Å². The number of anilines is 2. The van der Waals surface area contributed by atoms with Gasteiger partial charge in [0.1, 0.15) is 5.01 Å². The summed E-state index contributed by atoms with van der Waals surface area (Å²) in [6, 6.07) is 16.4. The third kappa shape index (κ3) is 3.70. The lowest BCUT2D eigenvalue weighted by Gasteiger charge is -2.15. The number of aromatic nitrogens is 2. The summed E-state index contributed by atoms with van der Waals surface area (Å²) in [7, 11) is 0. The van der Waals surface area contributed by atoms with Gasteiger partial charge in [0.05, 0.1) is 10.6 Å². The molecule has 6 nitrogen and oxygen atoms in total. The van der Waals surface area contributed by atoms with Crippen molar-refractivity contribution in [2.45, 2.75) is 12.3 Å². The first-order chi connectivity index (χ1) is 13.1. The van der Waals surface area contributed by atoms with Crippen LogP contribution in [-0.4, -0.2) is 28.6 Å². The predicted octanol–water partition coefficient (Wildman–Crippen LogP) is 3.96. The standard InChI is InChI=1S/C19H15ClN4O2S/c20-15-9-5-4-8-14(15)17(26)21-19-23-22-18(27-19)12-10-16(25)24(11-12)13-6-2-1-3-7-13/h1-9,12H,10-11H2,(H,21,23,26)/t12-/m1/s1. The maximum atomic E-state index is 12.4. The van der Waals surface area contributed by atoms with E-state index in [9.17, 15) is 9.59 Å². The highest BCUT2D eigenvalue weighted by Crippen LogP contribution is 2.34. The van der Waals surface area contributed by atoms with Gasteiger partial charge in [-0.05, 0) is 24.3 Å². The van der Waals surface area contributed by atoms with Crippen molar-refractivity contribution in [3.8, 4) is 0 Å². The van der Waals surface area contributed by atoms with Crippen molar-refractivity contribution in [1.82, 2.24) is 10.2 Å². The molecule has 8 heteroatoms. The van der Waals surface area contributed by atoms with Gasteiger partial charge in [0, 0.05) is 24.6 Å². The number of hydrogen-bond donors (Lipinski definition) is 1. The summed E-state index contributed by atoms with van der Waals surface area (Å²) in [5.74, 6) is -0.319. The van der Waals surface area contributed by atoms with Gasteiger partial charge < -0.3 is 4.90 Å². The molecule has 3 aromatic rings. The van der Waals surface area contributed by atoms with Crippen LogP contribution in [0.4, 0.5) is 10.8 Å². The van der Waals surface area contributed by atoms with Gasteiger partial charge in [0.15, 0.2) is 0 Å². The van der Waals surface area contributed by atoms with Gasteiger partial charge >= 0.3 is 0 Å². The molecule has 1 atom stereocenters. The molecule has 0 bridgehead atoms. The van der Waals surface area contributed by atoms with Crippen LogP contribution >= 0.6 is 22.9 Å². The van der Waals surface area contributed by atoms with Crippen molar-refractivity contribution < 1.29 is 9.59 Å².